The highest BCUT2D eigenvalue weighted by atomic mass is 35.5. The number of rotatable bonds is 5. The van der Waals surface area contributed by atoms with Gasteiger partial charge in [0.2, 0.25) is 5.91 Å². The highest BCUT2D eigenvalue weighted by Crippen LogP contribution is 2.12. The summed E-state index contributed by atoms with van der Waals surface area (Å²) in [6, 6.07) is 6.46. The maximum Gasteiger partial charge on any atom is 0.223 e. The van der Waals surface area contributed by atoms with Crippen molar-refractivity contribution in [2.45, 2.75) is 26.2 Å². The minimum absolute atomic E-state index is 0. The van der Waals surface area contributed by atoms with Gasteiger partial charge >= 0.3 is 0 Å². The fourth-order valence-electron chi connectivity index (χ4n) is 2.63. The van der Waals surface area contributed by atoms with Crippen LogP contribution in [0.2, 0.25) is 0 Å². The molecule has 3 nitrogen and oxygen atoms in total. The van der Waals surface area contributed by atoms with Gasteiger partial charge in [0.1, 0.15) is 5.82 Å². The maximum absolute atomic E-state index is 13.1. The Morgan fingerprint density at radius 1 is 1.52 bits per heavy atom. The Morgan fingerprint density at radius 2 is 2.33 bits per heavy atom. The van der Waals surface area contributed by atoms with Crippen LogP contribution in [0.4, 0.5) is 4.39 Å². The van der Waals surface area contributed by atoms with Crippen LogP contribution in [0.3, 0.4) is 0 Å². The average molecular weight is 315 g/mol. The molecule has 0 spiro atoms. The largest absolute Gasteiger partial charge is 0.356 e. The lowest BCUT2D eigenvalue weighted by Crippen LogP contribution is -2.40. The summed E-state index contributed by atoms with van der Waals surface area (Å²) in [4.78, 5) is 12.0. The van der Waals surface area contributed by atoms with Gasteiger partial charge in [-0.3, -0.25) is 4.79 Å². The van der Waals surface area contributed by atoms with Crippen LogP contribution in [0, 0.1) is 17.7 Å². The highest BCUT2D eigenvalue weighted by Gasteiger charge is 2.17. The molecule has 21 heavy (non-hydrogen) atoms. The van der Waals surface area contributed by atoms with Crippen LogP contribution in [-0.4, -0.2) is 25.5 Å². The van der Waals surface area contributed by atoms with E-state index in [1.54, 1.807) is 6.07 Å². The standard InChI is InChI=1S/C16H23FN2O.ClH/c1-12(8-13-4-2-6-15(17)9-13)16(20)19-11-14-5-3-7-18-10-14;/h2,4,6,9,12,14,18H,3,5,7-8,10-11H2,1H3,(H,19,20);1H. The zero-order chi connectivity index (χ0) is 14.4. The Hall–Kier alpha value is -1.13. The van der Waals surface area contributed by atoms with Gasteiger partial charge < -0.3 is 10.6 Å². The quantitative estimate of drug-likeness (QED) is 0.877. The Kier molecular flexibility index (Phi) is 7.68. The number of carbonyl (C=O) groups excluding carboxylic acids is 1. The number of halogens is 2. The molecule has 1 aliphatic rings. The molecule has 1 aromatic carbocycles. The first-order valence-electron chi connectivity index (χ1n) is 7.38. The Morgan fingerprint density at radius 3 is 3.00 bits per heavy atom. The van der Waals surface area contributed by atoms with E-state index in [9.17, 15) is 9.18 Å². The normalized spacial score (nSPS) is 19.4. The molecule has 2 atom stereocenters. The molecular weight excluding hydrogens is 291 g/mol. The van der Waals surface area contributed by atoms with Crippen molar-refractivity contribution < 1.29 is 9.18 Å². The van der Waals surface area contributed by atoms with Gasteiger partial charge in [-0.25, -0.2) is 4.39 Å². The van der Waals surface area contributed by atoms with Crippen LogP contribution in [0.25, 0.3) is 0 Å². The van der Waals surface area contributed by atoms with Crippen molar-refractivity contribution in [1.29, 1.82) is 0 Å². The van der Waals surface area contributed by atoms with E-state index >= 15 is 0 Å². The van der Waals surface area contributed by atoms with Crippen LogP contribution in [0.1, 0.15) is 25.3 Å². The Balaban J connectivity index is 0.00000220. The smallest absolute Gasteiger partial charge is 0.223 e. The molecule has 0 aliphatic carbocycles. The molecule has 2 N–H and O–H groups in total. The number of hydrogen-bond acceptors (Lipinski definition) is 2. The molecule has 0 aromatic heterocycles. The highest BCUT2D eigenvalue weighted by molar-refractivity contribution is 5.85. The number of hydrogen-bond donors (Lipinski definition) is 2. The third-order valence-corrected chi connectivity index (χ3v) is 3.84. The van der Waals surface area contributed by atoms with Gasteiger partial charge in [0.05, 0.1) is 0 Å². The summed E-state index contributed by atoms with van der Waals surface area (Å²) in [7, 11) is 0. The molecule has 1 saturated heterocycles. The van der Waals surface area contributed by atoms with E-state index in [0.29, 0.717) is 12.3 Å². The molecule has 1 fully saturated rings. The van der Waals surface area contributed by atoms with Gasteiger partial charge in [-0.15, -0.1) is 12.4 Å². The van der Waals surface area contributed by atoms with Crippen molar-refractivity contribution in [1.82, 2.24) is 10.6 Å². The summed E-state index contributed by atoms with van der Waals surface area (Å²) in [6.07, 6.45) is 2.93. The number of piperidine rings is 1. The number of amides is 1. The molecule has 1 amide bonds. The third-order valence-electron chi connectivity index (χ3n) is 3.84. The topological polar surface area (TPSA) is 41.1 Å². The molecule has 118 valence electrons. The van der Waals surface area contributed by atoms with E-state index in [2.05, 4.69) is 10.6 Å². The van der Waals surface area contributed by atoms with E-state index < -0.39 is 0 Å². The Labute approximate surface area is 132 Å². The van der Waals surface area contributed by atoms with Crippen molar-refractivity contribution in [2.75, 3.05) is 19.6 Å². The van der Waals surface area contributed by atoms with Crippen LogP contribution in [0.5, 0.6) is 0 Å². The molecule has 0 bridgehead atoms. The van der Waals surface area contributed by atoms with Crippen LogP contribution in [0.15, 0.2) is 24.3 Å². The molecule has 1 aliphatic heterocycles. The van der Waals surface area contributed by atoms with Gasteiger partial charge in [-0.2, -0.15) is 0 Å². The molecule has 0 radical (unpaired) electrons. The van der Waals surface area contributed by atoms with Crippen LogP contribution in [-0.2, 0) is 11.2 Å². The average Bonchev–Trinajstić information content (AvgIpc) is 2.46. The van der Waals surface area contributed by atoms with E-state index in [0.717, 1.165) is 25.2 Å². The molecule has 1 aromatic rings. The fraction of sp³-hybridized carbons (Fsp3) is 0.562. The second-order valence-electron chi connectivity index (χ2n) is 5.69. The molecule has 5 heteroatoms. The van der Waals surface area contributed by atoms with Crippen LogP contribution >= 0.6 is 12.4 Å². The molecule has 2 rings (SSSR count). The van der Waals surface area contributed by atoms with Gasteiger partial charge in [0.15, 0.2) is 0 Å². The second-order valence-corrected chi connectivity index (χ2v) is 5.69. The minimum Gasteiger partial charge on any atom is -0.356 e. The maximum atomic E-state index is 13.1. The first kappa shape index (κ1) is 17.9. The zero-order valence-corrected chi connectivity index (χ0v) is 13.2. The van der Waals surface area contributed by atoms with E-state index in [1.165, 1.54) is 25.0 Å². The van der Waals surface area contributed by atoms with Gasteiger partial charge in [-0.05, 0) is 56.0 Å². The molecular formula is C16H24ClFN2O. The van der Waals surface area contributed by atoms with E-state index in [-0.39, 0.29) is 30.0 Å². The predicted octanol–water partition coefficient (Wildman–Crippen LogP) is 2.54. The molecule has 2 unspecified atom stereocenters. The van der Waals surface area contributed by atoms with E-state index in [4.69, 9.17) is 0 Å². The van der Waals surface area contributed by atoms with Crippen molar-refractivity contribution in [3.8, 4) is 0 Å². The molecule has 0 saturated carbocycles. The molecule has 1 heterocycles. The van der Waals surface area contributed by atoms with Gasteiger partial charge in [0.25, 0.3) is 0 Å². The lowest BCUT2D eigenvalue weighted by molar-refractivity contribution is -0.124. The lowest BCUT2D eigenvalue weighted by atomic mass is 9.98. The van der Waals surface area contributed by atoms with Crippen molar-refractivity contribution in [3.05, 3.63) is 35.6 Å². The van der Waals surface area contributed by atoms with Crippen molar-refractivity contribution in [2.24, 2.45) is 11.8 Å². The summed E-state index contributed by atoms with van der Waals surface area (Å²) < 4.78 is 13.1. The summed E-state index contributed by atoms with van der Waals surface area (Å²) in [5, 5.41) is 6.36. The predicted molar refractivity (Wildman–Crippen MR) is 85.1 cm³/mol. The lowest BCUT2D eigenvalue weighted by Gasteiger charge is -2.23. The van der Waals surface area contributed by atoms with Gasteiger partial charge in [-0.1, -0.05) is 19.1 Å². The number of carbonyl (C=O) groups is 1. The number of nitrogens with one attached hydrogen (secondary N) is 2. The second kappa shape index (κ2) is 9.00. The number of benzene rings is 1. The van der Waals surface area contributed by atoms with Crippen molar-refractivity contribution in [3.63, 3.8) is 0 Å². The van der Waals surface area contributed by atoms with Crippen LogP contribution < -0.4 is 10.6 Å². The summed E-state index contributed by atoms with van der Waals surface area (Å²) >= 11 is 0. The van der Waals surface area contributed by atoms with Gasteiger partial charge in [0, 0.05) is 12.5 Å². The summed E-state index contributed by atoms with van der Waals surface area (Å²) in [6.45, 7) is 4.69. The first-order valence-corrected chi connectivity index (χ1v) is 7.38. The zero-order valence-electron chi connectivity index (χ0n) is 12.4. The summed E-state index contributed by atoms with van der Waals surface area (Å²) in [5.74, 6) is 0.214. The summed E-state index contributed by atoms with van der Waals surface area (Å²) in [5.41, 5.74) is 0.868. The Bertz CT molecular complexity index is 450. The first-order chi connectivity index (χ1) is 9.65. The van der Waals surface area contributed by atoms with E-state index in [1.807, 2.05) is 13.0 Å². The van der Waals surface area contributed by atoms with Crippen molar-refractivity contribution >= 4 is 18.3 Å². The SMILES string of the molecule is CC(Cc1cccc(F)c1)C(=O)NCC1CCCNC1.Cl. The minimum atomic E-state index is -0.247. The third kappa shape index (κ3) is 6.02. The monoisotopic (exact) mass is 314 g/mol. The fourth-order valence-corrected chi connectivity index (χ4v) is 2.63.